The van der Waals surface area contributed by atoms with E-state index in [0.717, 1.165) is 11.6 Å². The lowest BCUT2D eigenvalue weighted by Gasteiger charge is -2.12. The minimum atomic E-state index is -0.706. The van der Waals surface area contributed by atoms with E-state index in [0.29, 0.717) is 10.7 Å². The molecule has 0 heterocycles. The third-order valence-corrected chi connectivity index (χ3v) is 3.18. The molecule has 0 fully saturated rings. The summed E-state index contributed by atoms with van der Waals surface area (Å²) in [7, 11) is 0. The van der Waals surface area contributed by atoms with Crippen molar-refractivity contribution in [1.82, 2.24) is 5.43 Å². The number of nitrogens with zero attached hydrogens (tertiary/aromatic N) is 2. The molecule has 0 saturated heterocycles. The molecule has 0 unspecified atom stereocenters. The molecule has 118 valence electrons. The van der Waals surface area contributed by atoms with E-state index in [9.17, 15) is 20.2 Å². The molecule has 0 saturated carbocycles. The average Bonchev–Trinajstić information content (AvgIpc) is 2.52. The zero-order valence-electron chi connectivity index (χ0n) is 11.7. The fourth-order valence-corrected chi connectivity index (χ4v) is 1.88. The Morgan fingerprint density at radius 2 is 1.70 bits per heavy atom. The number of hydrogen-bond donors (Lipinski definition) is 2. The Morgan fingerprint density at radius 3 is 2.26 bits per heavy atom. The fourth-order valence-electron chi connectivity index (χ4n) is 1.76. The van der Waals surface area contributed by atoms with Crippen LogP contribution in [0.25, 0.3) is 5.70 Å². The van der Waals surface area contributed by atoms with Gasteiger partial charge >= 0.3 is 5.69 Å². The normalized spacial score (nSPS) is 9.96. The summed E-state index contributed by atoms with van der Waals surface area (Å²) in [5, 5.41) is 22.3. The zero-order valence-corrected chi connectivity index (χ0v) is 12.4. The highest BCUT2D eigenvalue weighted by Crippen LogP contribution is 2.28. The monoisotopic (exact) mass is 334 g/mol. The molecule has 0 aromatic heterocycles. The summed E-state index contributed by atoms with van der Waals surface area (Å²) in [6, 6.07) is 10.1. The highest BCUT2D eigenvalue weighted by atomic mass is 35.5. The first-order valence-electron chi connectivity index (χ1n) is 6.28. The molecule has 0 spiro atoms. The molecular formula is C14H11ClN4O4. The van der Waals surface area contributed by atoms with Crippen LogP contribution in [0, 0.1) is 20.2 Å². The Balaban J connectivity index is 2.16. The number of benzene rings is 2. The summed E-state index contributed by atoms with van der Waals surface area (Å²) in [5.41, 5.74) is 5.82. The molecule has 0 atom stereocenters. The van der Waals surface area contributed by atoms with Gasteiger partial charge in [-0.3, -0.25) is 25.7 Å². The number of halogens is 1. The summed E-state index contributed by atoms with van der Waals surface area (Å²) in [5.74, 6) is 0. The van der Waals surface area contributed by atoms with Crippen molar-refractivity contribution in [2.24, 2.45) is 0 Å². The van der Waals surface area contributed by atoms with Crippen LogP contribution in [0.5, 0.6) is 0 Å². The minimum Gasteiger partial charge on any atom is -0.301 e. The van der Waals surface area contributed by atoms with Crippen molar-refractivity contribution in [3.63, 3.8) is 0 Å². The standard InChI is InChI=1S/C14H11ClN4O4/c1-9(10-2-4-11(15)5-3-10)16-17-13-7-6-12(18(20)21)8-14(13)19(22)23/h2-8,16-17H,1H2. The lowest BCUT2D eigenvalue weighted by atomic mass is 10.2. The van der Waals surface area contributed by atoms with Crippen LogP contribution in [0.2, 0.25) is 5.02 Å². The van der Waals surface area contributed by atoms with E-state index in [1.54, 1.807) is 24.3 Å². The maximum atomic E-state index is 11.0. The zero-order chi connectivity index (χ0) is 17.0. The summed E-state index contributed by atoms with van der Waals surface area (Å²) >= 11 is 5.79. The maximum absolute atomic E-state index is 11.0. The van der Waals surface area contributed by atoms with Crippen LogP contribution in [-0.2, 0) is 0 Å². The number of nitro benzene ring substituents is 2. The topological polar surface area (TPSA) is 110 Å². The first kappa shape index (κ1) is 16.2. The van der Waals surface area contributed by atoms with Gasteiger partial charge in [-0.05, 0) is 23.8 Å². The number of nitrogens with one attached hydrogen (secondary N) is 2. The molecule has 2 N–H and O–H groups in total. The fraction of sp³-hybridized carbons (Fsp3) is 0. The third kappa shape index (κ3) is 3.95. The van der Waals surface area contributed by atoms with Crippen molar-refractivity contribution in [2.75, 3.05) is 5.43 Å². The van der Waals surface area contributed by atoms with Crippen molar-refractivity contribution in [3.05, 3.63) is 79.9 Å². The van der Waals surface area contributed by atoms with Crippen molar-refractivity contribution in [3.8, 4) is 0 Å². The summed E-state index contributed by atoms with van der Waals surface area (Å²) in [4.78, 5) is 20.3. The number of hydrogen-bond acceptors (Lipinski definition) is 6. The summed E-state index contributed by atoms with van der Waals surface area (Å²) in [6.45, 7) is 3.80. The van der Waals surface area contributed by atoms with Crippen LogP contribution >= 0.6 is 11.6 Å². The third-order valence-electron chi connectivity index (χ3n) is 2.93. The van der Waals surface area contributed by atoms with Crippen molar-refractivity contribution in [1.29, 1.82) is 0 Å². The molecule has 0 aliphatic heterocycles. The van der Waals surface area contributed by atoms with Crippen molar-refractivity contribution >= 4 is 34.4 Å². The molecule has 2 rings (SSSR count). The number of hydrazine groups is 1. The van der Waals surface area contributed by atoms with Gasteiger partial charge in [0.15, 0.2) is 0 Å². The van der Waals surface area contributed by atoms with E-state index in [-0.39, 0.29) is 11.4 Å². The van der Waals surface area contributed by atoms with E-state index in [2.05, 4.69) is 17.4 Å². The molecule has 0 radical (unpaired) electrons. The smallest absolute Gasteiger partial charge is 0.300 e. The van der Waals surface area contributed by atoms with E-state index < -0.39 is 15.5 Å². The number of anilines is 1. The maximum Gasteiger partial charge on any atom is 0.300 e. The largest absolute Gasteiger partial charge is 0.301 e. The molecule has 0 amide bonds. The van der Waals surface area contributed by atoms with E-state index >= 15 is 0 Å². The Labute approximate surface area is 135 Å². The highest BCUT2D eigenvalue weighted by Gasteiger charge is 2.19. The molecule has 2 aromatic carbocycles. The Morgan fingerprint density at radius 1 is 1.04 bits per heavy atom. The lowest BCUT2D eigenvalue weighted by molar-refractivity contribution is -0.393. The molecule has 8 nitrogen and oxygen atoms in total. The molecule has 23 heavy (non-hydrogen) atoms. The first-order valence-corrected chi connectivity index (χ1v) is 6.66. The lowest BCUT2D eigenvalue weighted by Crippen LogP contribution is -2.20. The second-order valence-electron chi connectivity index (χ2n) is 4.45. The second kappa shape index (κ2) is 6.75. The molecular weight excluding hydrogens is 324 g/mol. The van der Waals surface area contributed by atoms with Gasteiger partial charge < -0.3 is 5.43 Å². The number of nitro groups is 2. The van der Waals surface area contributed by atoms with Gasteiger partial charge in [0.05, 0.1) is 21.6 Å². The molecule has 0 bridgehead atoms. The van der Waals surface area contributed by atoms with Crippen LogP contribution < -0.4 is 10.9 Å². The average molecular weight is 335 g/mol. The first-order chi connectivity index (χ1) is 10.9. The van der Waals surface area contributed by atoms with Crippen LogP contribution in [0.15, 0.2) is 49.0 Å². The minimum absolute atomic E-state index is 0.0794. The van der Waals surface area contributed by atoms with Crippen LogP contribution in [-0.4, -0.2) is 9.85 Å². The van der Waals surface area contributed by atoms with E-state index in [1.807, 2.05) is 0 Å². The van der Waals surface area contributed by atoms with Gasteiger partial charge in [0, 0.05) is 11.1 Å². The van der Waals surface area contributed by atoms with Gasteiger partial charge in [0.25, 0.3) is 5.69 Å². The number of rotatable bonds is 6. The van der Waals surface area contributed by atoms with Gasteiger partial charge in [-0.25, -0.2) is 0 Å². The highest BCUT2D eigenvalue weighted by molar-refractivity contribution is 6.30. The van der Waals surface area contributed by atoms with Gasteiger partial charge in [-0.1, -0.05) is 30.3 Å². The molecule has 0 aliphatic carbocycles. The predicted molar refractivity (Wildman–Crippen MR) is 87.0 cm³/mol. The van der Waals surface area contributed by atoms with Gasteiger partial charge in [0.2, 0.25) is 0 Å². The Kier molecular flexibility index (Phi) is 4.77. The predicted octanol–water partition coefficient (Wildman–Crippen LogP) is 3.74. The van der Waals surface area contributed by atoms with Gasteiger partial charge in [-0.2, -0.15) is 0 Å². The van der Waals surface area contributed by atoms with E-state index in [1.165, 1.54) is 12.1 Å². The van der Waals surface area contributed by atoms with Gasteiger partial charge in [0.1, 0.15) is 5.69 Å². The molecule has 9 heteroatoms. The molecule has 0 aliphatic rings. The van der Waals surface area contributed by atoms with Crippen molar-refractivity contribution < 1.29 is 9.85 Å². The Hall–Kier alpha value is -3.13. The quantitative estimate of drug-likeness (QED) is 0.615. The van der Waals surface area contributed by atoms with Crippen LogP contribution in [0.3, 0.4) is 0 Å². The van der Waals surface area contributed by atoms with Gasteiger partial charge in [-0.15, -0.1) is 0 Å². The summed E-state index contributed by atoms with van der Waals surface area (Å²) < 4.78 is 0. The van der Waals surface area contributed by atoms with Crippen LogP contribution in [0.1, 0.15) is 5.56 Å². The Bertz CT molecular complexity index is 777. The van der Waals surface area contributed by atoms with Crippen LogP contribution in [0.4, 0.5) is 17.1 Å². The summed E-state index contributed by atoms with van der Waals surface area (Å²) in [6.07, 6.45) is 0. The van der Waals surface area contributed by atoms with E-state index in [4.69, 9.17) is 11.6 Å². The number of non-ortho nitro benzene ring substituents is 1. The van der Waals surface area contributed by atoms with Crippen molar-refractivity contribution in [2.45, 2.75) is 0 Å². The second-order valence-corrected chi connectivity index (χ2v) is 4.89. The molecule has 2 aromatic rings. The SMILES string of the molecule is C=C(NNc1ccc([N+](=O)[O-])cc1[N+](=O)[O-])c1ccc(Cl)cc1.